The number of para-hydroxylation sites is 2. The fourth-order valence-electron chi connectivity index (χ4n) is 4.53. The molecular formula is C29H27N3O2S. The minimum absolute atomic E-state index is 0.271. The summed E-state index contributed by atoms with van der Waals surface area (Å²) in [4.78, 5) is 4.90. The molecular weight excluding hydrogens is 454 g/mol. The summed E-state index contributed by atoms with van der Waals surface area (Å²) >= 11 is 0. The van der Waals surface area contributed by atoms with Gasteiger partial charge >= 0.3 is 0 Å². The van der Waals surface area contributed by atoms with Gasteiger partial charge in [-0.05, 0) is 47.9 Å². The summed E-state index contributed by atoms with van der Waals surface area (Å²) < 4.78 is 31.0. The average molecular weight is 482 g/mol. The Balaban J connectivity index is 1.45. The molecule has 1 heterocycles. The third-order valence-corrected chi connectivity index (χ3v) is 8.22. The number of hydrogen-bond donors (Lipinski definition) is 0. The number of imidazole rings is 1. The van der Waals surface area contributed by atoms with Gasteiger partial charge in [-0.2, -0.15) is 4.31 Å². The van der Waals surface area contributed by atoms with Gasteiger partial charge in [-0.15, -0.1) is 0 Å². The van der Waals surface area contributed by atoms with Gasteiger partial charge in [0.2, 0.25) is 10.0 Å². The zero-order valence-corrected chi connectivity index (χ0v) is 20.6. The molecule has 0 aliphatic carbocycles. The van der Waals surface area contributed by atoms with E-state index in [-0.39, 0.29) is 4.90 Å². The summed E-state index contributed by atoms with van der Waals surface area (Å²) in [5, 5.41) is 0. The Morgan fingerprint density at radius 1 is 0.771 bits per heavy atom. The van der Waals surface area contributed by atoms with Crippen molar-refractivity contribution in [2.45, 2.75) is 24.4 Å². The molecule has 176 valence electrons. The van der Waals surface area contributed by atoms with E-state index < -0.39 is 16.1 Å². The zero-order chi connectivity index (χ0) is 24.4. The van der Waals surface area contributed by atoms with Crippen LogP contribution in [0.25, 0.3) is 11.0 Å². The lowest BCUT2D eigenvalue weighted by molar-refractivity contribution is 0.418. The van der Waals surface area contributed by atoms with Gasteiger partial charge in [-0.1, -0.05) is 84.9 Å². The van der Waals surface area contributed by atoms with Gasteiger partial charge in [-0.25, -0.2) is 13.4 Å². The predicted octanol–water partition coefficient (Wildman–Crippen LogP) is 5.80. The third kappa shape index (κ3) is 4.50. The molecule has 0 radical (unpaired) electrons. The minimum atomic E-state index is -3.74. The summed E-state index contributed by atoms with van der Waals surface area (Å²) in [5.74, 6) is 0.927. The molecule has 0 fully saturated rings. The molecule has 0 amide bonds. The van der Waals surface area contributed by atoms with Crippen LogP contribution < -0.4 is 0 Å². The second kappa shape index (κ2) is 9.49. The molecule has 0 unspecified atom stereocenters. The molecule has 0 spiro atoms. The Morgan fingerprint density at radius 3 is 1.91 bits per heavy atom. The number of aryl methyl sites for hydroxylation is 1. The molecule has 0 N–H and O–H groups in total. The maximum Gasteiger partial charge on any atom is 0.243 e. The highest BCUT2D eigenvalue weighted by Gasteiger charge is 2.30. The van der Waals surface area contributed by atoms with Crippen molar-refractivity contribution in [2.24, 2.45) is 0 Å². The first-order chi connectivity index (χ1) is 16.9. The van der Waals surface area contributed by atoms with Crippen molar-refractivity contribution in [2.75, 3.05) is 7.05 Å². The van der Waals surface area contributed by atoms with Crippen LogP contribution >= 0.6 is 0 Å². The average Bonchev–Trinajstić information content (AvgIpc) is 3.20. The number of benzene rings is 4. The van der Waals surface area contributed by atoms with Crippen LogP contribution in [0.1, 0.15) is 28.6 Å². The SMILES string of the molecule is Cc1nc2ccccc2n1Cc1ccc(S(=O)(=O)N(C)C(c2ccccc2)c2ccccc2)cc1. The van der Waals surface area contributed by atoms with Crippen LogP contribution in [0.15, 0.2) is 114 Å². The van der Waals surface area contributed by atoms with E-state index >= 15 is 0 Å². The van der Waals surface area contributed by atoms with Crippen molar-refractivity contribution in [3.63, 3.8) is 0 Å². The number of rotatable bonds is 7. The molecule has 0 saturated carbocycles. The standard InChI is InChI=1S/C29H27N3O2S/c1-22-30-27-15-9-10-16-28(27)32(22)21-23-17-19-26(20-18-23)35(33,34)31(2)29(24-11-5-3-6-12-24)25-13-7-4-8-14-25/h3-20,29H,21H2,1-2H3. The first kappa shape index (κ1) is 23.0. The Hall–Kier alpha value is -3.74. The first-order valence-corrected chi connectivity index (χ1v) is 13.0. The van der Waals surface area contributed by atoms with E-state index in [9.17, 15) is 8.42 Å². The summed E-state index contributed by atoms with van der Waals surface area (Å²) in [5.41, 5.74) is 4.88. The molecule has 0 aliphatic rings. The van der Waals surface area contributed by atoms with Crippen molar-refractivity contribution in [1.82, 2.24) is 13.9 Å². The zero-order valence-electron chi connectivity index (χ0n) is 19.7. The minimum Gasteiger partial charge on any atom is -0.324 e. The summed E-state index contributed by atoms with van der Waals surface area (Å²) in [6, 6.07) is 34.2. The fraction of sp³-hybridized carbons (Fsp3) is 0.138. The Kier molecular flexibility index (Phi) is 6.24. The normalized spacial score (nSPS) is 12.0. The van der Waals surface area contributed by atoms with Gasteiger partial charge in [-0.3, -0.25) is 0 Å². The van der Waals surface area contributed by atoms with Crippen molar-refractivity contribution in [1.29, 1.82) is 0 Å². The van der Waals surface area contributed by atoms with E-state index in [0.717, 1.165) is 33.5 Å². The van der Waals surface area contributed by atoms with Crippen molar-refractivity contribution < 1.29 is 8.42 Å². The first-order valence-electron chi connectivity index (χ1n) is 11.5. The van der Waals surface area contributed by atoms with E-state index in [4.69, 9.17) is 0 Å². The van der Waals surface area contributed by atoms with Crippen LogP contribution in [0.3, 0.4) is 0 Å². The number of aromatic nitrogens is 2. The van der Waals surface area contributed by atoms with Crippen LogP contribution in [0.2, 0.25) is 0 Å². The lowest BCUT2D eigenvalue weighted by Gasteiger charge is -2.28. The smallest absolute Gasteiger partial charge is 0.243 e. The Morgan fingerprint density at radius 2 is 1.31 bits per heavy atom. The maximum absolute atomic E-state index is 13.7. The molecule has 1 aromatic heterocycles. The van der Waals surface area contributed by atoms with E-state index in [0.29, 0.717) is 6.54 Å². The van der Waals surface area contributed by atoms with E-state index in [1.165, 1.54) is 4.31 Å². The molecule has 5 aromatic rings. The Bertz CT molecular complexity index is 1510. The van der Waals surface area contributed by atoms with Gasteiger partial charge < -0.3 is 4.57 Å². The van der Waals surface area contributed by atoms with Gasteiger partial charge in [0, 0.05) is 13.6 Å². The maximum atomic E-state index is 13.7. The van der Waals surface area contributed by atoms with Gasteiger partial charge in [0.05, 0.1) is 22.0 Å². The summed E-state index contributed by atoms with van der Waals surface area (Å²) in [6.07, 6.45) is 0. The van der Waals surface area contributed by atoms with Crippen LogP contribution in [0.5, 0.6) is 0 Å². The van der Waals surface area contributed by atoms with Gasteiger partial charge in [0.1, 0.15) is 5.82 Å². The number of sulfonamides is 1. The van der Waals surface area contributed by atoms with E-state index in [2.05, 4.69) is 15.6 Å². The van der Waals surface area contributed by atoms with Gasteiger partial charge in [0.15, 0.2) is 0 Å². The topological polar surface area (TPSA) is 55.2 Å². The highest BCUT2D eigenvalue weighted by Crippen LogP contribution is 2.32. The van der Waals surface area contributed by atoms with E-state index in [1.54, 1.807) is 19.2 Å². The van der Waals surface area contributed by atoms with Crippen LogP contribution in [-0.4, -0.2) is 29.3 Å². The van der Waals surface area contributed by atoms with Crippen molar-refractivity contribution >= 4 is 21.1 Å². The third-order valence-electron chi connectivity index (χ3n) is 6.38. The second-order valence-corrected chi connectivity index (χ2v) is 10.6. The highest BCUT2D eigenvalue weighted by molar-refractivity contribution is 7.89. The molecule has 5 rings (SSSR count). The van der Waals surface area contributed by atoms with E-state index in [1.807, 2.05) is 97.9 Å². The monoisotopic (exact) mass is 481 g/mol. The number of nitrogens with zero attached hydrogens (tertiary/aromatic N) is 3. The molecule has 6 heteroatoms. The van der Waals surface area contributed by atoms with Gasteiger partial charge in [0.25, 0.3) is 0 Å². The quantitative estimate of drug-likeness (QED) is 0.295. The lowest BCUT2D eigenvalue weighted by atomic mass is 9.99. The van der Waals surface area contributed by atoms with Crippen LogP contribution in [0.4, 0.5) is 0 Å². The van der Waals surface area contributed by atoms with Crippen molar-refractivity contribution in [3.05, 3.63) is 132 Å². The molecule has 0 aliphatic heterocycles. The highest BCUT2D eigenvalue weighted by atomic mass is 32.2. The summed E-state index contributed by atoms with van der Waals surface area (Å²) in [6.45, 7) is 2.61. The van der Waals surface area contributed by atoms with Crippen LogP contribution in [0, 0.1) is 6.92 Å². The number of fused-ring (bicyclic) bond motifs is 1. The molecule has 0 bridgehead atoms. The van der Waals surface area contributed by atoms with Crippen LogP contribution in [-0.2, 0) is 16.6 Å². The largest absolute Gasteiger partial charge is 0.324 e. The molecule has 4 aromatic carbocycles. The number of hydrogen-bond acceptors (Lipinski definition) is 3. The Labute approximate surface area is 206 Å². The molecule has 35 heavy (non-hydrogen) atoms. The van der Waals surface area contributed by atoms with Crippen molar-refractivity contribution in [3.8, 4) is 0 Å². The second-order valence-electron chi connectivity index (χ2n) is 8.62. The molecule has 0 saturated heterocycles. The fourth-order valence-corrected chi connectivity index (χ4v) is 5.87. The summed E-state index contributed by atoms with van der Waals surface area (Å²) in [7, 11) is -2.09. The molecule has 5 nitrogen and oxygen atoms in total. The lowest BCUT2D eigenvalue weighted by Crippen LogP contribution is -2.32. The predicted molar refractivity (Wildman–Crippen MR) is 140 cm³/mol. The molecule has 0 atom stereocenters.